The van der Waals surface area contributed by atoms with E-state index in [4.69, 9.17) is 4.74 Å². The molecule has 0 amide bonds. The largest absolute Gasteiger partial charge is 0.443 e. The predicted molar refractivity (Wildman–Crippen MR) is 76.2 cm³/mol. The Morgan fingerprint density at radius 3 is 2.67 bits per heavy atom. The van der Waals surface area contributed by atoms with Crippen molar-refractivity contribution in [2.45, 2.75) is 38.3 Å². The molecule has 98 valence electrons. The summed E-state index contributed by atoms with van der Waals surface area (Å²) in [4.78, 5) is 13.4. The van der Waals surface area contributed by atoms with Crippen molar-refractivity contribution in [1.29, 1.82) is 0 Å². The Balaban J connectivity index is 2.26. The van der Waals surface area contributed by atoms with Crippen LogP contribution in [0.4, 0.5) is 4.79 Å². The molecule has 3 nitrogen and oxygen atoms in total. The molecule has 0 saturated heterocycles. The summed E-state index contributed by atoms with van der Waals surface area (Å²) in [5, 5.41) is 3.17. The SMILES string of the molecule is CC1=CC=C[SH]1c1cccn1C(=O)OC(C)(C)C. The Morgan fingerprint density at radius 2 is 2.11 bits per heavy atom. The van der Waals surface area contributed by atoms with E-state index in [1.54, 1.807) is 10.8 Å². The zero-order valence-electron chi connectivity index (χ0n) is 11.2. The van der Waals surface area contributed by atoms with Crippen molar-refractivity contribution in [3.8, 4) is 0 Å². The molecule has 4 heteroatoms. The summed E-state index contributed by atoms with van der Waals surface area (Å²) in [6, 6.07) is 3.88. The standard InChI is InChI=1S/C14H19NO2S/c1-11-7-6-10-18(11)12-8-5-9-15(12)13(16)17-14(2,3)4/h5-10,18H,1-4H3. The highest BCUT2D eigenvalue weighted by atomic mass is 32.2. The van der Waals surface area contributed by atoms with Crippen molar-refractivity contribution in [2.75, 3.05) is 0 Å². The van der Waals surface area contributed by atoms with Gasteiger partial charge in [0.15, 0.2) is 0 Å². The molecule has 0 aliphatic carbocycles. The predicted octanol–water partition coefficient (Wildman–Crippen LogP) is 4.06. The second-order valence-corrected chi connectivity index (χ2v) is 7.44. The second kappa shape index (κ2) is 4.69. The zero-order chi connectivity index (χ0) is 13.3. The Labute approximate surface area is 110 Å². The van der Waals surface area contributed by atoms with Gasteiger partial charge in [0.2, 0.25) is 0 Å². The van der Waals surface area contributed by atoms with E-state index in [-0.39, 0.29) is 6.09 Å². The summed E-state index contributed by atoms with van der Waals surface area (Å²) in [6.45, 7) is 7.72. The fourth-order valence-corrected chi connectivity index (χ4v) is 3.64. The Hall–Kier alpha value is -1.42. The number of hydrogen-bond acceptors (Lipinski definition) is 2. The van der Waals surface area contributed by atoms with Crippen LogP contribution in [0.3, 0.4) is 0 Å². The van der Waals surface area contributed by atoms with Crippen molar-refractivity contribution in [2.24, 2.45) is 0 Å². The van der Waals surface area contributed by atoms with Gasteiger partial charge in [-0.2, -0.15) is 10.9 Å². The number of allylic oxidation sites excluding steroid dienone is 3. The van der Waals surface area contributed by atoms with Gasteiger partial charge in [-0.3, -0.25) is 0 Å². The summed E-state index contributed by atoms with van der Waals surface area (Å²) in [5.74, 6) is 0. The van der Waals surface area contributed by atoms with Crippen LogP contribution in [-0.4, -0.2) is 16.3 Å². The van der Waals surface area contributed by atoms with Gasteiger partial charge < -0.3 is 4.74 Å². The van der Waals surface area contributed by atoms with Crippen molar-refractivity contribution >= 4 is 17.0 Å². The molecule has 1 aliphatic heterocycles. The van der Waals surface area contributed by atoms with Gasteiger partial charge in [-0.1, -0.05) is 12.2 Å². The molecule has 1 atom stereocenters. The normalized spacial score (nSPS) is 20.9. The maximum atomic E-state index is 12.1. The minimum Gasteiger partial charge on any atom is -0.443 e. The molecule has 18 heavy (non-hydrogen) atoms. The molecule has 1 aliphatic rings. The van der Waals surface area contributed by atoms with E-state index < -0.39 is 16.5 Å². The van der Waals surface area contributed by atoms with Crippen LogP contribution >= 0.6 is 10.9 Å². The topological polar surface area (TPSA) is 31.2 Å². The van der Waals surface area contributed by atoms with E-state index >= 15 is 0 Å². The van der Waals surface area contributed by atoms with Crippen LogP contribution in [-0.2, 0) is 4.74 Å². The molecule has 0 bridgehead atoms. The van der Waals surface area contributed by atoms with E-state index in [9.17, 15) is 4.79 Å². The van der Waals surface area contributed by atoms with Gasteiger partial charge in [0.25, 0.3) is 0 Å². The third kappa shape index (κ3) is 2.70. The third-order valence-electron chi connectivity index (χ3n) is 2.52. The number of ether oxygens (including phenoxy) is 1. The summed E-state index contributed by atoms with van der Waals surface area (Å²) < 4.78 is 7.02. The summed E-state index contributed by atoms with van der Waals surface area (Å²) in [5.41, 5.74) is -0.470. The van der Waals surface area contributed by atoms with Gasteiger partial charge in [0, 0.05) is 6.20 Å². The number of thiol groups is 1. The number of aromatic nitrogens is 1. The van der Waals surface area contributed by atoms with Crippen molar-refractivity contribution in [3.05, 3.63) is 40.8 Å². The van der Waals surface area contributed by atoms with Crippen LogP contribution in [0.2, 0.25) is 0 Å². The monoisotopic (exact) mass is 265 g/mol. The molecule has 0 radical (unpaired) electrons. The Morgan fingerprint density at radius 1 is 1.39 bits per heavy atom. The van der Waals surface area contributed by atoms with E-state index in [0.29, 0.717) is 0 Å². The lowest BCUT2D eigenvalue weighted by atomic mass is 10.2. The second-order valence-electron chi connectivity index (χ2n) is 5.24. The summed E-state index contributed by atoms with van der Waals surface area (Å²) >= 11 is 0. The smallest absolute Gasteiger partial charge is 0.419 e. The first-order valence-electron chi connectivity index (χ1n) is 5.93. The number of hydrogen-bond donors (Lipinski definition) is 1. The molecular formula is C14H19NO2S. The molecule has 2 heterocycles. The highest BCUT2D eigenvalue weighted by molar-refractivity contribution is 8.23. The van der Waals surface area contributed by atoms with Crippen LogP contribution in [0.15, 0.2) is 45.8 Å². The Bertz CT molecular complexity index is 520. The molecule has 1 unspecified atom stereocenters. The van der Waals surface area contributed by atoms with Gasteiger partial charge in [0.05, 0.1) is 5.03 Å². The van der Waals surface area contributed by atoms with Gasteiger partial charge in [-0.15, -0.1) is 0 Å². The van der Waals surface area contributed by atoms with Crippen molar-refractivity contribution in [1.82, 2.24) is 4.57 Å². The van der Waals surface area contributed by atoms with Crippen molar-refractivity contribution < 1.29 is 9.53 Å². The van der Waals surface area contributed by atoms with Gasteiger partial charge in [-0.05, 0) is 50.1 Å². The number of carbonyl (C=O) groups excluding carboxylic acids is 1. The van der Waals surface area contributed by atoms with Gasteiger partial charge in [-0.25, -0.2) is 9.36 Å². The molecule has 0 fully saturated rings. The lowest BCUT2D eigenvalue weighted by Gasteiger charge is -2.22. The minimum absolute atomic E-state index is 0.307. The zero-order valence-corrected chi connectivity index (χ0v) is 12.1. The van der Waals surface area contributed by atoms with E-state index in [0.717, 1.165) is 5.03 Å². The highest BCUT2D eigenvalue weighted by Gasteiger charge is 2.21. The lowest BCUT2D eigenvalue weighted by Crippen LogP contribution is -2.27. The van der Waals surface area contributed by atoms with E-state index in [1.807, 2.05) is 39.0 Å². The molecule has 0 aromatic carbocycles. The number of nitrogens with zero attached hydrogens (tertiary/aromatic N) is 1. The van der Waals surface area contributed by atoms with E-state index in [2.05, 4.69) is 18.4 Å². The van der Waals surface area contributed by atoms with Gasteiger partial charge >= 0.3 is 6.09 Å². The van der Waals surface area contributed by atoms with Crippen LogP contribution in [0.25, 0.3) is 0 Å². The molecular weight excluding hydrogens is 246 g/mol. The molecule has 0 spiro atoms. The fraction of sp³-hybridized carbons (Fsp3) is 0.357. The van der Waals surface area contributed by atoms with Crippen LogP contribution in [0.5, 0.6) is 0 Å². The van der Waals surface area contributed by atoms with Gasteiger partial charge in [0.1, 0.15) is 5.60 Å². The maximum absolute atomic E-state index is 12.1. The highest BCUT2D eigenvalue weighted by Crippen LogP contribution is 2.48. The third-order valence-corrected chi connectivity index (χ3v) is 4.75. The molecule has 1 aromatic rings. The van der Waals surface area contributed by atoms with Crippen molar-refractivity contribution in [3.63, 3.8) is 0 Å². The fourth-order valence-electron chi connectivity index (χ4n) is 1.76. The molecule has 1 aromatic heterocycles. The summed E-state index contributed by atoms with van der Waals surface area (Å²) in [7, 11) is -0.517. The first-order chi connectivity index (χ1) is 8.38. The lowest BCUT2D eigenvalue weighted by molar-refractivity contribution is 0.0524. The van der Waals surface area contributed by atoms with Crippen LogP contribution in [0, 0.1) is 0 Å². The first kappa shape index (κ1) is 13.0. The molecule has 0 saturated carbocycles. The van der Waals surface area contributed by atoms with Crippen LogP contribution < -0.4 is 0 Å². The first-order valence-corrected chi connectivity index (χ1v) is 7.34. The average molecular weight is 265 g/mol. The van der Waals surface area contributed by atoms with Crippen LogP contribution in [0.1, 0.15) is 27.7 Å². The minimum atomic E-state index is -0.517. The average Bonchev–Trinajstić information content (AvgIpc) is 2.82. The van der Waals surface area contributed by atoms with E-state index in [1.165, 1.54) is 4.91 Å². The maximum Gasteiger partial charge on any atom is 0.419 e. The Kier molecular flexibility index (Phi) is 3.39. The number of carbonyl (C=O) groups is 1. The number of rotatable bonds is 1. The molecule has 0 N–H and O–H groups in total. The quantitative estimate of drug-likeness (QED) is 0.776. The summed E-state index contributed by atoms with van der Waals surface area (Å²) in [6.07, 6.45) is 5.61. The molecule has 2 rings (SSSR count).